The molecule has 0 atom stereocenters. The Morgan fingerprint density at radius 2 is 1.52 bits per heavy atom. The van der Waals surface area contributed by atoms with Crippen LogP contribution in [0.5, 0.6) is 0 Å². The second-order valence-corrected chi connectivity index (χ2v) is 7.43. The molecule has 1 N–H and O–H groups in total. The van der Waals surface area contributed by atoms with Gasteiger partial charge in [0.1, 0.15) is 11.3 Å². The normalized spacial score (nSPS) is 11.2. The highest BCUT2D eigenvalue weighted by Crippen LogP contribution is 2.36. The largest absolute Gasteiger partial charge is 0.459 e. The van der Waals surface area contributed by atoms with Gasteiger partial charge in [0.25, 0.3) is 0 Å². The van der Waals surface area contributed by atoms with E-state index in [1.165, 1.54) is 16.7 Å². The van der Waals surface area contributed by atoms with Crippen LogP contribution in [0.3, 0.4) is 0 Å². The number of aryl methyl sites for hydroxylation is 2. The highest BCUT2D eigenvalue weighted by atomic mass is 35.5. The first-order chi connectivity index (χ1) is 13.1. The maximum Gasteiger partial charge on any atom is 0.135 e. The fraction of sp³-hybridized carbons (Fsp3) is 0.167. The first-order valence-corrected chi connectivity index (χ1v) is 9.52. The van der Waals surface area contributed by atoms with Crippen LogP contribution in [0.1, 0.15) is 22.5 Å². The Hall–Kier alpha value is -2.55. The number of nitrogens with one attached hydrogen (secondary N) is 1. The third-order valence-electron chi connectivity index (χ3n) is 4.78. The SMILES string of the molecule is Cc1ccc(CNCc2oc3ccc(C)cc3c2-c2ccc(Cl)cc2)cc1. The molecule has 0 unspecified atom stereocenters. The Bertz CT molecular complexity index is 1060. The van der Waals surface area contributed by atoms with Crippen molar-refractivity contribution in [3.8, 4) is 11.1 Å². The quantitative estimate of drug-likeness (QED) is 0.422. The van der Waals surface area contributed by atoms with E-state index < -0.39 is 0 Å². The van der Waals surface area contributed by atoms with E-state index >= 15 is 0 Å². The summed E-state index contributed by atoms with van der Waals surface area (Å²) in [5, 5.41) is 5.40. The average Bonchev–Trinajstić information content (AvgIpc) is 3.01. The molecule has 0 saturated heterocycles. The molecule has 4 rings (SSSR count). The minimum Gasteiger partial charge on any atom is -0.459 e. The van der Waals surface area contributed by atoms with Crippen LogP contribution >= 0.6 is 11.6 Å². The number of hydrogen-bond donors (Lipinski definition) is 1. The van der Waals surface area contributed by atoms with Crippen molar-refractivity contribution >= 4 is 22.6 Å². The van der Waals surface area contributed by atoms with Gasteiger partial charge in [0.2, 0.25) is 0 Å². The number of halogens is 1. The first kappa shape index (κ1) is 17.8. The predicted octanol–water partition coefficient (Wildman–Crippen LogP) is 6.66. The number of furan rings is 1. The van der Waals surface area contributed by atoms with Crippen molar-refractivity contribution in [3.63, 3.8) is 0 Å². The average molecular weight is 376 g/mol. The molecular weight excluding hydrogens is 354 g/mol. The van der Waals surface area contributed by atoms with Crippen molar-refractivity contribution in [3.05, 3.63) is 94.2 Å². The lowest BCUT2D eigenvalue weighted by Gasteiger charge is -2.07. The standard InChI is InChI=1S/C24H22ClNO/c1-16-3-6-18(7-4-16)14-26-15-23-24(19-8-10-20(25)11-9-19)21-13-17(2)5-12-22(21)27-23/h3-13,26H,14-15H2,1-2H3. The fourth-order valence-electron chi connectivity index (χ4n) is 3.35. The molecule has 3 aromatic carbocycles. The summed E-state index contributed by atoms with van der Waals surface area (Å²) < 4.78 is 6.20. The Balaban J connectivity index is 1.65. The summed E-state index contributed by atoms with van der Waals surface area (Å²) in [4.78, 5) is 0. The molecule has 0 radical (unpaired) electrons. The van der Waals surface area contributed by atoms with Crippen molar-refractivity contribution in [1.82, 2.24) is 5.32 Å². The summed E-state index contributed by atoms with van der Waals surface area (Å²) in [6.45, 7) is 5.68. The van der Waals surface area contributed by atoms with Gasteiger partial charge in [0.15, 0.2) is 0 Å². The van der Waals surface area contributed by atoms with Gasteiger partial charge in [-0.25, -0.2) is 0 Å². The van der Waals surface area contributed by atoms with Crippen LogP contribution in [0.15, 0.2) is 71.1 Å². The van der Waals surface area contributed by atoms with E-state index in [-0.39, 0.29) is 0 Å². The first-order valence-electron chi connectivity index (χ1n) is 9.14. The Morgan fingerprint density at radius 1 is 0.815 bits per heavy atom. The van der Waals surface area contributed by atoms with Gasteiger partial charge >= 0.3 is 0 Å². The molecule has 1 aromatic heterocycles. The number of fused-ring (bicyclic) bond motifs is 1. The van der Waals surface area contributed by atoms with Gasteiger partial charge in [-0.15, -0.1) is 0 Å². The van der Waals surface area contributed by atoms with E-state index in [1.807, 2.05) is 18.2 Å². The van der Waals surface area contributed by atoms with E-state index in [2.05, 4.69) is 67.7 Å². The monoisotopic (exact) mass is 375 g/mol. The minimum atomic E-state index is 0.666. The second-order valence-electron chi connectivity index (χ2n) is 7.00. The fourth-order valence-corrected chi connectivity index (χ4v) is 3.47. The molecule has 0 fully saturated rings. The molecule has 0 saturated carbocycles. The number of rotatable bonds is 5. The lowest BCUT2D eigenvalue weighted by molar-refractivity contribution is 0.515. The van der Waals surface area contributed by atoms with Gasteiger partial charge in [-0.1, -0.05) is 65.2 Å². The topological polar surface area (TPSA) is 25.2 Å². The molecule has 0 amide bonds. The zero-order valence-electron chi connectivity index (χ0n) is 15.6. The van der Waals surface area contributed by atoms with E-state index in [0.717, 1.165) is 39.4 Å². The lowest BCUT2D eigenvalue weighted by atomic mass is 10.0. The molecule has 3 heteroatoms. The molecule has 4 aromatic rings. The van der Waals surface area contributed by atoms with Crippen LogP contribution in [0.2, 0.25) is 5.02 Å². The molecule has 0 spiro atoms. The molecule has 0 bridgehead atoms. The van der Waals surface area contributed by atoms with Crippen LogP contribution in [0.25, 0.3) is 22.1 Å². The van der Waals surface area contributed by atoms with Crippen molar-refractivity contribution in [1.29, 1.82) is 0 Å². The van der Waals surface area contributed by atoms with E-state index in [4.69, 9.17) is 16.0 Å². The Kier molecular flexibility index (Phi) is 5.02. The minimum absolute atomic E-state index is 0.666. The molecule has 136 valence electrons. The van der Waals surface area contributed by atoms with Crippen molar-refractivity contribution in [2.45, 2.75) is 26.9 Å². The van der Waals surface area contributed by atoms with Crippen LogP contribution < -0.4 is 5.32 Å². The summed E-state index contributed by atoms with van der Waals surface area (Å²) in [7, 11) is 0. The lowest BCUT2D eigenvalue weighted by Crippen LogP contribution is -2.12. The maximum absolute atomic E-state index is 6.20. The number of benzene rings is 3. The van der Waals surface area contributed by atoms with Crippen LogP contribution in [0.4, 0.5) is 0 Å². The molecular formula is C24H22ClNO. The Morgan fingerprint density at radius 3 is 2.26 bits per heavy atom. The highest BCUT2D eigenvalue weighted by Gasteiger charge is 2.16. The summed E-state index contributed by atoms with van der Waals surface area (Å²) >= 11 is 6.08. The van der Waals surface area contributed by atoms with E-state index in [9.17, 15) is 0 Å². The maximum atomic E-state index is 6.20. The van der Waals surface area contributed by atoms with Gasteiger partial charge < -0.3 is 9.73 Å². The summed E-state index contributed by atoms with van der Waals surface area (Å²) in [6, 6.07) is 22.9. The molecule has 27 heavy (non-hydrogen) atoms. The zero-order chi connectivity index (χ0) is 18.8. The van der Waals surface area contributed by atoms with Crippen LogP contribution in [-0.4, -0.2) is 0 Å². The van der Waals surface area contributed by atoms with Crippen molar-refractivity contribution in [2.24, 2.45) is 0 Å². The molecule has 2 nitrogen and oxygen atoms in total. The Labute approximate surface area is 164 Å². The molecule has 0 aliphatic carbocycles. The van der Waals surface area contributed by atoms with E-state index in [1.54, 1.807) is 0 Å². The van der Waals surface area contributed by atoms with Crippen molar-refractivity contribution < 1.29 is 4.42 Å². The molecule has 0 aliphatic rings. The van der Waals surface area contributed by atoms with Gasteiger partial charge in [0.05, 0.1) is 6.54 Å². The predicted molar refractivity (Wildman–Crippen MR) is 113 cm³/mol. The van der Waals surface area contributed by atoms with Gasteiger partial charge in [-0.05, 0) is 49.2 Å². The second kappa shape index (κ2) is 7.59. The smallest absolute Gasteiger partial charge is 0.135 e. The van der Waals surface area contributed by atoms with Gasteiger partial charge in [0, 0.05) is 22.5 Å². The van der Waals surface area contributed by atoms with Crippen LogP contribution in [-0.2, 0) is 13.1 Å². The highest BCUT2D eigenvalue weighted by molar-refractivity contribution is 6.30. The third-order valence-corrected chi connectivity index (χ3v) is 5.04. The van der Waals surface area contributed by atoms with Gasteiger partial charge in [-0.2, -0.15) is 0 Å². The summed E-state index contributed by atoms with van der Waals surface area (Å²) in [6.07, 6.45) is 0. The summed E-state index contributed by atoms with van der Waals surface area (Å²) in [5.74, 6) is 0.949. The van der Waals surface area contributed by atoms with E-state index in [0.29, 0.717) is 6.54 Å². The zero-order valence-corrected chi connectivity index (χ0v) is 16.3. The summed E-state index contributed by atoms with van der Waals surface area (Å²) in [5.41, 5.74) is 6.94. The molecule has 1 heterocycles. The van der Waals surface area contributed by atoms with Gasteiger partial charge in [-0.3, -0.25) is 0 Å². The van der Waals surface area contributed by atoms with Crippen molar-refractivity contribution in [2.75, 3.05) is 0 Å². The molecule has 0 aliphatic heterocycles. The van der Waals surface area contributed by atoms with Crippen LogP contribution in [0, 0.1) is 13.8 Å². The third kappa shape index (κ3) is 3.92. The number of hydrogen-bond acceptors (Lipinski definition) is 2.